The molecule has 0 N–H and O–H groups in total. The maximum Gasteiger partial charge on any atom is 0.415 e. The Kier molecular flexibility index (Phi) is 4.16. The second-order valence-electron chi connectivity index (χ2n) is 7.16. The maximum atomic E-state index is 12.8. The van der Waals surface area contributed by atoms with E-state index in [1.807, 2.05) is 36.4 Å². The maximum absolute atomic E-state index is 12.8. The highest BCUT2D eigenvalue weighted by molar-refractivity contribution is 7.99. The smallest absolute Gasteiger partial charge is 0.410 e. The van der Waals surface area contributed by atoms with Gasteiger partial charge < -0.3 is 19.4 Å². The lowest BCUT2D eigenvalue weighted by Gasteiger charge is -2.46. The van der Waals surface area contributed by atoms with E-state index in [-0.39, 0.29) is 24.4 Å². The minimum Gasteiger partial charge on any atom is -0.410 e. The average molecular weight is 397 g/mol. The molecule has 2 aromatic carbocycles. The van der Waals surface area contributed by atoms with Crippen LogP contribution >= 0.6 is 11.8 Å². The molecular formula is C20H19N3O4S. The predicted molar refractivity (Wildman–Crippen MR) is 105 cm³/mol. The predicted octanol–water partition coefficient (Wildman–Crippen LogP) is 1.77. The standard InChI is InChI=1S/C20H19N3O4S/c24-18-15-10-21(8-9-22(15)19(25)16-11-28-12-23(16)18)20(26)27-17-7-3-5-13-4-1-2-6-14(13)17/h1-7,15-16H,8-12H2/t15-,16+/m1/s1. The van der Waals surface area contributed by atoms with Gasteiger partial charge in [-0.05, 0) is 11.5 Å². The van der Waals surface area contributed by atoms with E-state index in [0.29, 0.717) is 30.5 Å². The second kappa shape index (κ2) is 6.70. The molecule has 0 spiro atoms. The molecule has 8 heteroatoms. The molecule has 0 unspecified atom stereocenters. The van der Waals surface area contributed by atoms with Crippen LogP contribution in [0, 0.1) is 0 Å². The first-order valence-electron chi connectivity index (χ1n) is 9.27. The van der Waals surface area contributed by atoms with Crippen molar-refractivity contribution >= 4 is 40.4 Å². The molecule has 144 valence electrons. The van der Waals surface area contributed by atoms with Crippen molar-refractivity contribution in [2.75, 3.05) is 31.3 Å². The molecule has 0 aliphatic carbocycles. The molecule has 5 rings (SSSR count). The summed E-state index contributed by atoms with van der Waals surface area (Å²) >= 11 is 1.59. The van der Waals surface area contributed by atoms with Gasteiger partial charge in [0.2, 0.25) is 11.8 Å². The van der Waals surface area contributed by atoms with E-state index in [1.54, 1.807) is 27.6 Å². The van der Waals surface area contributed by atoms with Gasteiger partial charge >= 0.3 is 6.09 Å². The molecular weight excluding hydrogens is 378 g/mol. The summed E-state index contributed by atoms with van der Waals surface area (Å²) < 4.78 is 5.65. The first-order chi connectivity index (χ1) is 13.6. The van der Waals surface area contributed by atoms with Gasteiger partial charge in [-0.3, -0.25) is 9.59 Å². The molecule has 0 bridgehead atoms. The van der Waals surface area contributed by atoms with Crippen molar-refractivity contribution in [2.45, 2.75) is 12.1 Å². The number of carbonyl (C=O) groups is 3. The third kappa shape index (κ3) is 2.71. The molecule has 2 aromatic rings. The number of nitrogens with zero attached hydrogens (tertiary/aromatic N) is 3. The van der Waals surface area contributed by atoms with Crippen LogP contribution in [0.5, 0.6) is 5.75 Å². The van der Waals surface area contributed by atoms with Gasteiger partial charge in [0.05, 0.1) is 12.4 Å². The highest BCUT2D eigenvalue weighted by Crippen LogP contribution is 2.31. The Bertz CT molecular complexity index is 976. The van der Waals surface area contributed by atoms with Crippen molar-refractivity contribution in [3.05, 3.63) is 42.5 Å². The summed E-state index contributed by atoms with van der Waals surface area (Å²) in [7, 11) is 0. The first kappa shape index (κ1) is 17.4. The Hall–Kier alpha value is -2.74. The number of amides is 3. The zero-order valence-corrected chi connectivity index (χ0v) is 15.9. The lowest BCUT2D eigenvalue weighted by molar-refractivity contribution is -0.161. The molecule has 3 heterocycles. The number of ether oxygens (including phenoxy) is 1. The Morgan fingerprint density at radius 1 is 0.964 bits per heavy atom. The molecule has 28 heavy (non-hydrogen) atoms. The van der Waals surface area contributed by atoms with Crippen molar-refractivity contribution < 1.29 is 19.1 Å². The van der Waals surface area contributed by atoms with Gasteiger partial charge in [0, 0.05) is 24.2 Å². The van der Waals surface area contributed by atoms with Gasteiger partial charge in [-0.15, -0.1) is 11.8 Å². The molecule has 3 saturated heterocycles. The zero-order chi connectivity index (χ0) is 19.3. The van der Waals surface area contributed by atoms with Crippen LogP contribution in [0.3, 0.4) is 0 Å². The summed E-state index contributed by atoms with van der Waals surface area (Å²) in [6.45, 7) is 0.885. The Morgan fingerprint density at radius 2 is 1.75 bits per heavy atom. The Labute approximate surface area is 166 Å². The topological polar surface area (TPSA) is 70.2 Å². The first-order valence-corrected chi connectivity index (χ1v) is 10.4. The fraction of sp³-hybridized carbons (Fsp3) is 0.350. The normalized spacial score (nSPS) is 24.4. The van der Waals surface area contributed by atoms with Crippen LogP contribution in [-0.2, 0) is 9.59 Å². The van der Waals surface area contributed by atoms with Gasteiger partial charge in [-0.1, -0.05) is 36.4 Å². The monoisotopic (exact) mass is 397 g/mol. The highest BCUT2D eigenvalue weighted by Gasteiger charge is 2.50. The fourth-order valence-corrected chi connectivity index (χ4v) is 5.27. The minimum absolute atomic E-state index is 0.00308. The lowest BCUT2D eigenvalue weighted by atomic mass is 10.0. The lowest BCUT2D eigenvalue weighted by Crippen LogP contribution is -2.69. The van der Waals surface area contributed by atoms with Crippen LogP contribution < -0.4 is 4.74 Å². The number of fused-ring (bicyclic) bond motifs is 3. The third-order valence-electron chi connectivity index (χ3n) is 5.60. The average Bonchev–Trinajstić information content (AvgIpc) is 3.22. The molecule has 3 aliphatic rings. The molecule has 3 fully saturated rings. The molecule has 0 saturated carbocycles. The zero-order valence-electron chi connectivity index (χ0n) is 15.1. The van der Waals surface area contributed by atoms with Crippen molar-refractivity contribution in [2.24, 2.45) is 0 Å². The van der Waals surface area contributed by atoms with E-state index in [0.717, 1.165) is 10.8 Å². The summed E-state index contributed by atoms with van der Waals surface area (Å²) in [5, 5.41) is 1.85. The molecule has 0 aromatic heterocycles. The molecule has 7 nitrogen and oxygen atoms in total. The van der Waals surface area contributed by atoms with Gasteiger partial charge in [0.15, 0.2) is 0 Å². The van der Waals surface area contributed by atoms with E-state index in [9.17, 15) is 14.4 Å². The number of rotatable bonds is 1. The summed E-state index contributed by atoms with van der Waals surface area (Å²) in [4.78, 5) is 43.1. The molecule has 0 radical (unpaired) electrons. The molecule has 2 atom stereocenters. The van der Waals surface area contributed by atoms with Crippen LogP contribution in [0.2, 0.25) is 0 Å². The molecule has 3 aliphatic heterocycles. The second-order valence-corrected chi connectivity index (χ2v) is 8.16. The number of hydrogen-bond donors (Lipinski definition) is 0. The fourth-order valence-electron chi connectivity index (χ4n) is 4.11. The quantitative estimate of drug-likeness (QED) is 0.734. The Balaban J connectivity index is 1.34. The van der Waals surface area contributed by atoms with Gasteiger partial charge in [-0.2, -0.15) is 0 Å². The number of carbonyl (C=O) groups excluding carboxylic acids is 3. The highest BCUT2D eigenvalue weighted by atomic mass is 32.2. The van der Waals surface area contributed by atoms with Crippen molar-refractivity contribution in [3.8, 4) is 5.75 Å². The van der Waals surface area contributed by atoms with Gasteiger partial charge in [-0.25, -0.2) is 4.79 Å². The SMILES string of the molecule is O=C(Oc1cccc2ccccc12)N1CCN2C(=O)[C@@H]3CSCN3C(=O)[C@H]2C1. The van der Waals surface area contributed by atoms with Gasteiger partial charge in [0.1, 0.15) is 17.8 Å². The largest absolute Gasteiger partial charge is 0.415 e. The van der Waals surface area contributed by atoms with E-state index in [1.165, 1.54) is 4.90 Å². The third-order valence-corrected chi connectivity index (χ3v) is 6.62. The summed E-state index contributed by atoms with van der Waals surface area (Å²) in [6, 6.07) is 12.3. The van der Waals surface area contributed by atoms with E-state index < -0.39 is 12.1 Å². The van der Waals surface area contributed by atoms with Crippen LogP contribution in [0.15, 0.2) is 42.5 Å². The Morgan fingerprint density at radius 3 is 2.64 bits per heavy atom. The summed E-state index contributed by atoms with van der Waals surface area (Å²) in [5.74, 6) is 1.61. The van der Waals surface area contributed by atoms with Crippen LogP contribution in [0.25, 0.3) is 10.8 Å². The number of benzene rings is 2. The minimum atomic E-state index is -0.615. The van der Waals surface area contributed by atoms with Crippen molar-refractivity contribution in [1.82, 2.24) is 14.7 Å². The van der Waals surface area contributed by atoms with Crippen molar-refractivity contribution in [1.29, 1.82) is 0 Å². The van der Waals surface area contributed by atoms with E-state index in [2.05, 4.69) is 0 Å². The summed E-state index contributed by atoms with van der Waals surface area (Å²) in [5.41, 5.74) is 0. The van der Waals surface area contributed by atoms with Crippen molar-refractivity contribution in [3.63, 3.8) is 0 Å². The van der Waals surface area contributed by atoms with E-state index >= 15 is 0 Å². The number of piperazine rings is 2. The van der Waals surface area contributed by atoms with Gasteiger partial charge in [0.25, 0.3) is 0 Å². The van der Waals surface area contributed by atoms with E-state index in [4.69, 9.17) is 4.74 Å². The molecule has 3 amide bonds. The number of thioether (sulfide) groups is 1. The van der Waals surface area contributed by atoms with Crippen LogP contribution in [0.4, 0.5) is 4.79 Å². The number of hydrogen-bond acceptors (Lipinski definition) is 5. The van der Waals surface area contributed by atoms with Crippen LogP contribution in [-0.4, -0.2) is 76.0 Å². The van der Waals surface area contributed by atoms with Crippen LogP contribution in [0.1, 0.15) is 0 Å². The summed E-state index contributed by atoms with van der Waals surface area (Å²) in [6.07, 6.45) is -0.492.